The number of pyridine rings is 1. The van der Waals surface area contributed by atoms with Crippen LogP contribution in [-0.4, -0.2) is 31.5 Å². The number of carbonyl (C=O) groups excluding carboxylic acids is 1. The van der Waals surface area contributed by atoms with Gasteiger partial charge >= 0.3 is 0 Å². The van der Waals surface area contributed by atoms with Crippen molar-refractivity contribution in [3.05, 3.63) is 89.6 Å². The summed E-state index contributed by atoms with van der Waals surface area (Å²) in [5.41, 5.74) is 12.7. The molecule has 8 heteroatoms. The monoisotopic (exact) mass is 435 g/mol. The van der Waals surface area contributed by atoms with E-state index in [2.05, 4.69) is 55.2 Å². The molecule has 0 atom stereocenters. The highest BCUT2D eigenvalue weighted by atomic mass is 16.1. The number of anilines is 1. The lowest BCUT2D eigenvalue weighted by atomic mass is 9.98. The number of fused-ring (bicyclic) bond motifs is 1. The fourth-order valence-electron chi connectivity index (χ4n) is 3.87. The van der Waals surface area contributed by atoms with Gasteiger partial charge in [-0.2, -0.15) is 0 Å². The van der Waals surface area contributed by atoms with Crippen molar-refractivity contribution in [3.8, 4) is 22.5 Å². The largest absolute Gasteiger partial charge is 0.380 e. The second-order valence-electron chi connectivity index (χ2n) is 7.75. The van der Waals surface area contributed by atoms with Gasteiger partial charge in [0.05, 0.1) is 5.52 Å². The normalized spacial score (nSPS) is 10.9. The minimum atomic E-state index is -0.458. The van der Waals surface area contributed by atoms with Crippen molar-refractivity contribution in [2.24, 2.45) is 5.73 Å². The van der Waals surface area contributed by atoms with Gasteiger partial charge in [0.1, 0.15) is 0 Å². The summed E-state index contributed by atoms with van der Waals surface area (Å²) in [4.78, 5) is 16.2. The molecule has 5 rings (SSSR count). The predicted octanol–water partition coefficient (Wildman–Crippen LogP) is 4.10. The molecule has 0 saturated heterocycles. The number of hydrogen-bond donors (Lipinski definition) is 3. The van der Waals surface area contributed by atoms with Gasteiger partial charge in [-0.15, -0.1) is 5.10 Å². The minimum absolute atomic E-state index is 0.458. The van der Waals surface area contributed by atoms with E-state index in [-0.39, 0.29) is 0 Å². The number of nitrogens with zero attached hydrogens (tertiary/aromatic N) is 4. The van der Waals surface area contributed by atoms with E-state index >= 15 is 0 Å². The zero-order valence-electron chi connectivity index (χ0n) is 17.9. The second kappa shape index (κ2) is 8.51. The number of tetrazole rings is 1. The summed E-state index contributed by atoms with van der Waals surface area (Å²) in [6, 6.07) is 23.6. The number of amides is 1. The molecule has 8 nitrogen and oxygen atoms in total. The fraction of sp³-hybridized carbons (Fsp3) is 0.0800. The molecule has 3 aromatic carbocycles. The van der Waals surface area contributed by atoms with Crippen molar-refractivity contribution in [2.75, 3.05) is 5.32 Å². The van der Waals surface area contributed by atoms with Crippen LogP contribution >= 0.6 is 0 Å². The lowest BCUT2D eigenvalue weighted by Gasteiger charge is -2.12. The number of rotatable bonds is 6. The molecule has 0 fully saturated rings. The average molecular weight is 435 g/mol. The number of carbonyl (C=O) groups is 1. The Hall–Kier alpha value is -4.59. The highest BCUT2D eigenvalue weighted by Gasteiger charge is 2.11. The molecule has 162 valence electrons. The van der Waals surface area contributed by atoms with Gasteiger partial charge in [-0.3, -0.25) is 9.78 Å². The van der Waals surface area contributed by atoms with Crippen LogP contribution in [0.1, 0.15) is 21.6 Å². The lowest BCUT2D eigenvalue weighted by molar-refractivity contribution is 0.100. The van der Waals surface area contributed by atoms with E-state index in [0.717, 1.165) is 44.5 Å². The first kappa shape index (κ1) is 20.3. The summed E-state index contributed by atoms with van der Waals surface area (Å²) in [7, 11) is 0. The topological polar surface area (TPSA) is 122 Å². The van der Waals surface area contributed by atoms with Crippen molar-refractivity contribution >= 4 is 22.5 Å². The molecule has 2 heterocycles. The number of H-pyrrole nitrogens is 1. The summed E-state index contributed by atoms with van der Waals surface area (Å²) < 4.78 is 0. The molecule has 0 aliphatic carbocycles. The maximum Gasteiger partial charge on any atom is 0.248 e. The van der Waals surface area contributed by atoms with E-state index in [1.54, 1.807) is 12.1 Å². The first-order chi connectivity index (χ1) is 16.1. The Morgan fingerprint density at radius 3 is 2.52 bits per heavy atom. The molecule has 0 spiro atoms. The number of aromatic nitrogens is 5. The van der Waals surface area contributed by atoms with Gasteiger partial charge in [0.2, 0.25) is 5.91 Å². The SMILES string of the molecule is Cc1cc(NCc2ccc(-c3ccccc3-c3nnn[nH]3)cc2)c2cc(C(N)=O)ccc2n1. The van der Waals surface area contributed by atoms with Crippen molar-refractivity contribution in [3.63, 3.8) is 0 Å². The molecule has 0 bridgehead atoms. The Kier molecular flexibility index (Phi) is 5.24. The van der Waals surface area contributed by atoms with Crippen molar-refractivity contribution < 1.29 is 4.79 Å². The molecule has 2 aromatic heterocycles. The highest BCUT2D eigenvalue weighted by Crippen LogP contribution is 2.30. The molecule has 5 aromatic rings. The molecule has 33 heavy (non-hydrogen) atoms. The van der Waals surface area contributed by atoms with E-state index in [0.29, 0.717) is 17.9 Å². The van der Waals surface area contributed by atoms with Crippen LogP contribution in [-0.2, 0) is 6.54 Å². The minimum Gasteiger partial charge on any atom is -0.380 e. The Labute approximate surface area is 189 Å². The number of aromatic amines is 1. The van der Waals surface area contributed by atoms with Gasteiger partial charge in [0.15, 0.2) is 5.82 Å². The van der Waals surface area contributed by atoms with Gasteiger partial charge in [-0.05, 0) is 58.3 Å². The average Bonchev–Trinajstić information content (AvgIpc) is 3.37. The van der Waals surface area contributed by atoms with E-state index in [9.17, 15) is 4.79 Å². The molecule has 1 amide bonds. The quantitative estimate of drug-likeness (QED) is 0.369. The molecular formula is C25H21N7O. The van der Waals surface area contributed by atoms with E-state index in [1.165, 1.54) is 0 Å². The zero-order valence-corrected chi connectivity index (χ0v) is 17.9. The predicted molar refractivity (Wildman–Crippen MR) is 127 cm³/mol. The van der Waals surface area contributed by atoms with Crippen LogP contribution in [0.15, 0.2) is 72.8 Å². The van der Waals surface area contributed by atoms with Crippen molar-refractivity contribution in [1.82, 2.24) is 25.6 Å². The van der Waals surface area contributed by atoms with Crippen LogP contribution in [0.5, 0.6) is 0 Å². The molecule has 0 radical (unpaired) electrons. The number of aryl methyl sites for hydroxylation is 1. The van der Waals surface area contributed by atoms with Gasteiger partial charge < -0.3 is 11.1 Å². The third-order valence-electron chi connectivity index (χ3n) is 5.50. The summed E-state index contributed by atoms with van der Waals surface area (Å²) >= 11 is 0. The third kappa shape index (κ3) is 4.14. The van der Waals surface area contributed by atoms with Crippen molar-refractivity contribution in [2.45, 2.75) is 13.5 Å². The number of hydrogen-bond acceptors (Lipinski definition) is 6. The van der Waals surface area contributed by atoms with E-state index in [4.69, 9.17) is 5.73 Å². The summed E-state index contributed by atoms with van der Waals surface area (Å²) in [5.74, 6) is 0.173. The third-order valence-corrected chi connectivity index (χ3v) is 5.50. The van der Waals surface area contributed by atoms with Crippen LogP contribution in [0.4, 0.5) is 5.69 Å². The lowest BCUT2D eigenvalue weighted by Crippen LogP contribution is -2.11. The van der Waals surface area contributed by atoms with Crippen LogP contribution in [0.3, 0.4) is 0 Å². The molecule has 0 aliphatic heterocycles. The maximum absolute atomic E-state index is 11.6. The number of nitrogens with one attached hydrogen (secondary N) is 2. The number of primary amides is 1. The molecule has 0 saturated carbocycles. The van der Waals surface area contributed by atoms with Gasteiger partial charge in [0.25, 0.3) is 0 Å². The van der Waals surface area contributed by atoms with Gasteiger partial charge in [0, 0.05) is 34.4 Å². The molecular weight excluding hydrogens is 414 g/mol. The standard InChI is InChI=1S/C25H21N7O/c1-15-12-23(21-13-18(24(26)33)10-11-22(21)28-15)27-14-16-6-8-17(9-7-16)19-4-2-3-5-20(19)25-29-31-32-30-25/h2-13H,14H2,1H3,(H2,26,33)(H,27,28)(H,29,30,31,32). The van der Waals surface area contributed by atoms with Crippen molar-refractivity contribution in [1.29, 1.82) is 0 Å². The Balaban J connectivity index is 1.40. The van der Waals surface area contributed by atoms with E-state index in [1.807, 2.05) is 43.3 Å². The second-order valence-corrected chi connectivity index (χ2v) is 7.75. The van der Waals surface area contributed by atoms with Crippen LogP contribution < -0.4 is 11.1 Å². The fourth-order valence-corrected chi connectivity index (χ4v) is 3.87. The number of benzene rings is 3. The Bertz CT molecular complexity index is 1440. The molecule has 0 unspecified atom stereocenters. The Morgan fingerprint density at radius 1 is 1.00 bits per heavy atom. The summed E-state index contributed by atoms with van der Waals surface area (Å²) in [5, 5.41) is 18.6. The van der Waals surface area contributed by atoms with Crippen LogP contribution in [0.25, 0.3) is 33.4 Å². The smallest absolute Gasteiger partial charge is 0.248 e. The first-order valence-electron chi connectivity index (χ1n) is 10.5. The summed E-state index contributed by atoms with van der Waals surface area (Å²) in [6.45, 7) is 2.57. The van der Waals surface area contributed by atoms with Gasteiger partial charge in [-0.25, -0.2) is 5.10 Å². The van der Waals surface area contributed by atoms with Gasteiger partial charge in [-0.1, -0.05) is 48.5 Å². The first-order valence-corrected chi connectivity index (χ1v) is 10.5. The maximum atomic E-state index is 11.6. The summed E-state index contributed by atoms with van der Waals surface area (Å²) in [6.07, 6.45) is 0. The van der Waals surface area contributed by atoms with E-state index < -0.39 is 5.91 Å². The Morgan fingerprint density at radius 2 is 1.79 bits per heavy atom. The number of nitrogens with two attached hydrogens (primary N) is 1. The van der Waals surface area contributed by atoms with Crippen LogP contribution in [0.2, 0.25) is 0 Å². The molecule has 4 N–H and O–H groups in total. The van der Waals surface area contributed by atoms with Crippen LogP contribution in [0, 0.1) is 6.92 Å². The zero-order chi connectivity index (χ0) is 22.8. The molecule has 0 aliphatic rings. The highest BCUT2D eigenvalue weighted by molar-refractivity contribution is 6.00.